The van der Waals surface area contributed by atoms with Crippen LogP contribution in [-0.2, 0) is 11.3 Å². The number of amides is 2. The first-order chi connectivity index (χ1) is 12.7. The van der Waals surface area contributed by atoms with E-state index in [2.05, 4.69) is 15.4 Å². The Balaban J connectivity index is 1.48. The molecule has 0 aliphatic carbocycles. The summed E-state index contributed by atoms with van der Waals surface area (Å²) in [7, 11) is 0. The van der Waals surface area contributed by atoms with Gasteiger partial charge in [0.05, 0.1) is 13.2 Å². The van der Waals surface area contributed by atoms with Crippen molar-refractivity contribution in [1.82, 2.24) is 25.0 Å². The molecule has 3 rings (SSSR count). The predicted molar refractivity (Wildman–Crippen MR) is 94.6 cm³/mol. The zero-order valence-corrected chi connectivity index (χ0v) is 14.8. The molecule has 1 aromatic carbocycles. The summed E-state index contributed by atoms with van der Waals surface area (Å²) in [4.78, 5) is 29.7. The maximum atomic E-state index is 12.4. The molecular formula is C18H23N5O3. The lowest BCUT2D eigenvalue weighted by Gasteiger charge is -2.31. The number of hydrogen-bond donors (Lipinski definition) is 1. The first kappa shape index (κ1) is 17.9. The number of nitrogens with one attached hydrogen (secondary N) is 1. The number of carbonyl (C=O) groups is 2. The van der Waals surface area contributed by atoms with E-state index in [4.69, 9.17) is 4.74 Å². The highest BCUT2D eigenvalue weighted by Gasteiger charge is 2.24. The number of piperidine rings is 1. The smallest absolute Gasteiger partial charge is 0.409 e. The van der Waals surface area contributed by atoms with Crippen LogP contribution in [0.5, 0.6) is 0 Å². The molecule has 0 atom stereocenters. The van der Waals surface area contributed by atoms with Gasteiger partial charge in [-0.2, -0.15) is 5.10 Å². The molecule has 2 amide bonds. The number of rotatable bonds is 5. The Kier molecular flexibility index (Phi) is 5.83. The van der Waals surface area contributed by atoms with Crippen molar-refractivity contribution in [3.63, 3.8) is 0 Å². The molecule has 0 radical (unpaired) electrons. The monoisotopic (exact) mass is 357 g/mol. The molecule has 26 heavy (non-hydrogen) atoms. The lowest BCUT2D eigenvalue weighted by atomic mass is 10.0. The van der Waals surface area contributed by atoms with Gasteiger partial charge in [0.25, 0.3) is 5.91 Å². The number of ether oxygens (including phenoxy) is 1. The van der Waals surface area contributed by atoms with Crippen molar-refractivity contribution in [2.45, 2.75) is 32.4 Å². The van der Waals surface area contributed by atoms with Crippen LogP contribution in [0, 0.1) is 0 Å². The van der Waals surface area contributed by atoms with E-state index >= 15 is 0 Å². The van der Waals surface area contributed by atoms with E-state index < -0.39 is 0 Å². The summed E-state index contributed by atoms with van der Waals surface area (Å²) >= 11 is 0. The van der Waals surface area contributed by atoms with Crippen LogP contribution in [0.2, 0.25) is 0 Å². The van der Waals surface area contributed by atoms with E-state index in [1.54, 1.807) is 22.8 Å². The van der Waals surface area contributed by atoms with Gasteiger partial charge in [0.15, 0.2) is 0 Å². The van der Waals surface area contributed by atoms with Crippen LogP contribution in [0.15, 0.2) is 36.9 Å². The molecule has 2 aromatic rings. The van der Waals surface area contributed by atoms with Crippen molar-refractivity contribution in [2.24, 2.45) is 0 Å². The molecule has 0 saturated carbocycles. The Labute approximate surface area is 152 Å². The van der Waals surface area contributed by atoms with Crippen LogP contribution >= 0.6 is 0 Å². The molecule has 138 valence electrons. The second-order valence-electron chi connectivity index (χ2n) is 6.22. The molecule has 1 aliphatic rings. The number of carbonyl (C=O) groups excluding carboxylic acids is 2. The average molecular weight is 357 g/mol. The maximum Gasteiger partial charge on any atom is 0.409 e. The largest absolute Gasteiger partial charge is 0.450 e. The second-order valence-corrected chi connectivity index (χ2v) is 6.22. The highest BCUT2D eigenvalue weighted by atomic mass is 16.6. The molecule has 1 N–H and O–H groups in total. The Morgan fingerprint density at radius 3 is 2.58 bits per heavy atom. The Hall–Kier alpha value is -2.90. The molecule has 1 aliphatic heterocycles. The molecule has 1 fully saturated rings. The third-order valence-corrected chi connectivity index (χ3v) is 4.38. The molecule has 0 unspecified atom stereocenters. The quantitative estimate of drug-likeness (QED) is 0.879. The van der Waals surface area contributed by atoms with Gasteiger partial charge in [-0.15, -0.1) is 0 Å². The lowest BCUT2D eigenvalue weighted by molar-refractivity contribution is 0.0860. The van der Waals surface area contributed by atoms with Crippen molar-refractivity contribution < 1.29 is 14.3 Å². The van der Waals surface area contributed by atoms with Gasteiger partial charge in [-0.3, -0.25) is 4.79 Å². The van der Waals surface area contributed by atoms with Crippen LogP contribution in [-0.4, -0.2) is 57.4 Å². The topological polar surface area (TPSA) is 89.4 Å². The zero-order valence-electron chi connectivity index (χ0n) is 14.8. The summed E-state index contributed by atoms with van der Waals surface area (Å²) in [5.74, 6) is -0.0908. The fourth-order valence-electron chi connectivity index (χ4n) is 2.95. The van der Waals surface area contributed by atoms with Gasteiger partial charge >= 0.3 is 6.09 Å². The Bertz CT molecular complexity index is 722. The summed E-state index contributed by atoms with van der Waals surface area (Å²) in [5, 5.41) is 7.11. The van der Waals surface area contributed by atoms with Crippen molar-refractivity contribution in [3.8, 4) is 0 Å². The van der Waals surface area contributed by atoms with Crippen LogP contribution in [0.25, 0.3) is 0 Å². The van der Waals surface area contributed by atoms with Crippen molar-refractivity contribution in [1.29, 1.82) is 0 Å². The van der Waals surface area contributed by atoms with Gasteiger partial charge in [0.2, 0.25) is 0 Å². The first-order valence-electron chi connectivity index (χ1n) is 8.79. The van der Waals surface area contributed by atoms with E-state index in [0.29, 0.717) is 31.8 Å². The standard InChI is InChI=1S/C18H23N5O3/c1-2-26-18(25)22-9-7-16(8-10-22)21-17(24)15-5-3-14(4-6-15)11-23-13-19-12-20-23/h3-6,12-13,16H,2,7-11H2,1H3,(H,21,24). The molecule has 1 saturated heterocycles. The highest BCUT2D eigenvalue weighted by Crippen LogP contribution is 2.13. The SMILES string of the molecule is CCOC(=O)N1CCC(NC(=O)c2ccc(Cn3cncn3)cc2)CC1. The highest BCUT2D eigenvalue weighted by molar-refractivity contribution is 5.94. The van der Waals surface area contributed by atoms with E-state index in [9.17, 15) is 9.59 Å². The van der Waals surface area contributed by atoms with Crippen LogP contribution in [0.3, 0.4) is 0 Å². The summed E-state index contributed by atoms with van der Waals surface area (Å²) in [6.07, 6.45) is 4.34. The molecule has 2 heterocycles. The van der Waals surface area contributed by atoms with Crippen molar-refractivity contribution in [3.05, 3.63) is 48.0 Å². The second kappa shape index (κ2) is 8.46. The van der Waals surface area contributed by atoms with Gasteiger partial charge < -0.3 is 15.0 Å². The number of likely N-dealkylation sites (tertiary alicyclic amines) is 1. The number of benzene rings is 1. The van der Waals surface area contributed by atoms with Gasteiger partial charge in [-0.1, -0.05) is 12.1 Å². The van der Waals surface area contributed by atoms with Crippen molar-refractivity contribution in [2.75, 3.05) is 19.7 Å². The lowest BCUT2D eigenvalue weighted by Crippen LogP contribution is -2.46. The third kappa shape index (κ3) is 4.59. The van der Waals surface area contributed by atoms with Crippen molar-refractivity contribution >= 4 is 12.0 Å². The maximum absolute atomic E-state index is 12.4. The summed E-state index contributed by atoms with van der Waals surface area (Å²) < 4.78 is 6.73. The Morgan fingerprint density at radius 1 is 1.23 bits per heavy atom. The van der Waals surface area contributed by atoms with Gasteiger partial charge in [0, 0.05) is 24.7 Å². The van der Waals surface area contributed by atoms with Gasteiger partial charge in [-0.25, -0.2) is 14.5 Å². The van der Waals surface area contributed by atoms with E-state index in [0.717, 1.165) is 18.4 Å². The van der Waals surface area contributed by atoms with E-state index in [1.165, 1.54) is 6.33 Å². The minimum absolute atomic E-state index is 0.0722. The average Bonchev–Trinajstić information content (AvgIpc) is 3.16. The fourth-order valence-corrected chi connectivity index (χ4v) is 2.95. The first-order valence-corrected chi connectivity index (χ1v) is 8.79. The third-order valence-electron chi connectivity index (χ3n) is 4.38. The summed E-state index contributed by atoms with van der Waals surface area (Å²) in [5.41, 5.74) is 1.68. The Morgan fingerprint density at radius 2 is 1.96 bits per heavy atom. The van der Waals surface area contributed by atoms with E-state index in [1.807, 2.05) is 24.3 Å². The normalized spacial score (nSPS) is 14.9. The van der Waals surface area contributed by atoms with Crippen LogP contribution in [0.4, 0.5) is 4.79 Å². The molecule has 1 aromatic heterocycles. The molecule has 8 nitrogen and oxygen atoms in total. The predicted octanol–water partition coefficient (Wildman–Crippen LogP) is 1.68. The summed E-state index contributed by atoms with van der Waals surface area (Å²) in [6, 6.07) is 7.54. The van der Waals surface area contributed by atoms with Gasteiger partial charge in [0.1, 0.15) is 12.7 Å². The molecule has 0 spiro atoms. The molecule has 0 bridgehead atoms. The fraction of sp³-hybridized carbons (Fsp3) is 0.444. The number of nitrogens with zero attached hydrogens (tertiary/aromatic N) is 4. The number of hydrogen-bond acceptors (Lipinski definition) is 5. The summed E-state index contributed by atoms with van der Waals surface area (Å²) in [6.45, 7) is 3.99. The van der Waals surface area contributed by atoms with Crippen LogP contribution in [0.1, 0.15) is 35.7 Å². The minimum Gasteiger partial charge on any atom is -0.450 e. The molecule has 8 heteroatoms. The van der Waals surface area contributed by atoms with E-state index in [-0.39, 0.29) is 18.0 Å². The minimum atomic E-state index is -0.278. The van der Waals surface area contributed by atoms with Gasteiger partial charge in [-0.05, 0) is 37.5 Å². The van der Waals surface area contributed by atoms with Crippen LogP contribution < -0.4 is 5.32 Å². The molecular weight excluding hydrogens is 334 g/mol. The zero-order chi connectivity index (χ0) is 18.4. The number of aromatic nitrogens is 3.